The van der Waals surface area contributed by atoms with E-state index in [1.807, 2.05) is 33.8 Å². The first-order valence-corrected chi connectivity index (χ1v) is 14.4. The number of rotatable bonds is 9. The maximum Gasteiger partial charge on any atom is 0.309 e. The fourth-order valence-corrected chi connectivity index (χ4v) is 5.61. The lowest BCUT2D eigenvalue weighted by atomic mass is 9.88. The Balaban J connectivity index is 1.68. The zero-order chi connectivity index (χ0) is 29.1. The molecule has 0 aromatic heterocycles. The second-order valence-corrected chi connectivity index (χ2v) is 12.1. The van der Waals surface area contributed by atoms with E-state index < -0.39 is 35.9 Å². The lowest BCUT2D eigenvalue weighted by Crippen LogP contribution is -2.42. The molecule has 0 saturated carbocycles. The zero-order valence-electron chi connectivity index (χ0n) is 24.4. The van der Waals surface area contributed by atoms with Crippen LogP contribution in [0.5, 0.6) is 0 Å². The van der Waals surface area contributed by atoms with E-state index in [4.69, 9.17) is 18.9 Å². The van der Waals surface area contributed by atoms with E-state index in [-0.39, 0.29) is 67.5 Å². The number of epoxide rings is 2. The second kappa shape index (κ2) is 13.3. The van der Waals surface area contributed by atoms with Crippen molar-refractivity contribution < 1.29 is 43.9 Å². The molecule has 9 nitrogen and oxygen atoms in total. The molecule has 2 saturated heterocycles. The van der Waals surface area contributed by atoms with Gasteiger partial charge in [-0.25, -0.2) is 0 Å². The highest BCUT2D eigenvalue weighted by molar-refractivity contribution is 5.70. The Hall–Kier alpha value is -1.78. The quantitative estimate of drug-likeness (QED) is 0.224. The molecule has 2 fully saturated rings. The summed E-state index contributed by atoms with van der Waals surface area (Å²) >= 11 is 0. The first-order chi connectivity index (χ1) is 18.2. The molecular weight excluding hydrogens is 504 g/mol. The third-order valence-electron chi connectivity index (χ3n) is 8.38. The third-order valence-corrected chi connectivity index (χ3v) is 8.38. The molecule has 9 heteroatoms. The van der Waals surface area contributed by atoms with Crippen molar-refractivity contribution in [1.29, 1.82) is 0 Å². The Labute approximate surface area is 232 Å². The van der Waals surface area contributed by atoms with Crippen LogP contribution >= 0.6 is 0 Å². The lowest BCUT2D eigenvalue weighted by molar-refractivity contribution is -0.157. The summed E-state index contributed by atoms with van der Waals surface area (Å²) < 4.78 is 23.0. The molecule has 3 rings (SSSR count). The van der Waals surface area contributed by atoms with Crippen molar-refractivity contribution in [2.24, 2.45) is 17.8 Å². The normalized spacial score (nSPS) is 40.8. The van der Waals surface area contributed by atoms with E-state index in [1.165, 1.54) is 6.92 Å². The maximum absolute atomic E-state index is 12.7. The van der Waals surface area contributed by atoms with E-state index in [9.17, 15) is 24.9 Å². The predicted molar refractivity (Wildman–Crippen MR) is 145 cm³/mol. The van der Waals surface area contributed by atoms with Crippen molar-refractivity contribution in [2.75, 3.05) is 0 Å². The molecule has 0 bridgehead atoms. The summed E-state index contributed by atoms with van der Waals surface area (Å²) in [6.45, 7) is 12.8. The Morgan fingerprint density at radius 3 is 2.56 bits per heavy atom. The van der Waals surface area contributed by atoms with E-state index >= 15 is 0 Å². The minimum absolute atomic E-state index is 0.0364. The summed E-state index contributed by atoms with van der Waals surface area (Å²) in [5, 5.41) is 31.5. The van der Waals surface area contributed by atoms with Crippen LogP contribution in [0.3, 0.4) is 0 Å². The van der Waals surface area contributed by atoms with Crippen molar-refractivity contribution in [3.8, 4) is 0 Å². The van der Waals surface area contributed by atoms with Crippen LogP contribution in [0.15, 0.2) is 23.8 Å². The molecule has 3 aliphatic rings. The van der Waals surface area contributed by atoms with Gasteiger partial charge in [-0.3, -0.25) is 9.59 Å². The van der Waals surface area contributed by atoms with Crippen LogP contribution in [0.2, 0.25) is 0 Å². The van der Waals surface area contributed by atoms with Crippen LogP contribution in [0, 0.1) is 17.8 Å². The molecule has 0 spiro atoms. The number of hydrogen-bond donors (Lipinski definition) is 3. The molecule has 3 N–H and O–H groups in total. The first-order valence-electron chi connectivity index (χ1n) is 14.4. The van der Waals surface area contributed by atoms with Gasteiger partial charge in [-0.1, -0.05) is 39.8 Å². The van der Waals surface area contributed by atoms with Crippen LogP contribution < -0.4 is 0 Å². The molecule has 12 atom stereocenters. The van der Waals surface area contributed by atoms with Gasteiger partial charge < -0.3 is 34.3 Å². The Kier molecular flexibility index (Phi) is 10.8. The lowest BCUT2D eigenvalue weighted by Gasteiger charge is -2.32. The van der Waals surface area contributed by atoms with Crippen molar-refractivity contribution >= 4 is 11.9 Å². The summed E-state index contributed by atoms with van der Waals surface area (Å²) in [4.78, 5) is 24.4. The first kappa shape index (κ1) is 31.7. The molecule has 0 aromatic carbocycles. The summed E-state index contributed by atoms with van der Waals surface area (Å²) in [6, 6.07) is 0. The number of aliphatic hydroxyl groups excluding tert-OH is 2. The molecule has 0 aliphatic carbocycles. The van der Waals surface area contributed by atoms with Gasteiger partial charge in [-0.2, -0.15) is 0 Å². The van der Waals surface area contributed by atoms with E-state index in [0.717, 1.165) is 12.0 Å². The highest BCUT2D eigenvalue weighted by Gasteiger charge is 2.49. The van der Waals surface area contributed by atoms with Crippen LogP contribution in [0.4, 0.5) is 0 Å². The molecule has 12 unspecified atom stereocenters. The van der Waals surface area contributed by atoms with Crippen LogP contribution in [0.25, 0.3) is 0 Å². The molecule has 3 heterocycles. The Morgan fingerprint density at radius 2 is 1.92 bits per heavy atom. The van der Waals surface area contributed by atoms with Crippen LogP contribution in [-0.4, -0.2) is 81.7 Å². The van der Waals surface area contributed by atoms with Crippen molar-refractivity contribution in [2.45, 2.75) is 135 Å². The predicted octanol–water partition coefficient (Wildman–Crippen LogP) is 3.23. The van der Waals surface area contributed by atoms with Crippen molar-refractivity contribution in [1.82, 2.24) is 0 Å². The standard InChI is InChI=1S/C30H48O9/c1-8-22(33)19(5)29-24(38-29)14-18(4)28-23(37-28)13-17(3)27-16(2)9-10-25(36-20(6)31)30(7,35)12-11-21(32)15-26(34)39-27/h9-10,13,16,18-19,21-25,27-29,32-33,35H,8,11-12,14-15H2,1-7H3/b10-9+,17-13+. The minimum Gasteiger partial charge on any atom is -0.457 e. The smallest absolute Gasteiger partial charge is 0.309 e. The third kappa shape index (κ3) is 8.85. The number of esters is 2. The zero-order valence-corrected chi connectivity index (χ0v) is 24.4. The van der Waals surface area contributed by atoms with E-state index in [0.29, 0.717) is 6.42 Å². The number of carbonyl (C=O) groups excluding carboxylic acids is 2. The molecule has 0 radical (unpaired) electrons. The van der Waals surface area contributed by atoms with E-state index in [1.54, 1.807) is 19.1 Å². The largest absolute Gasteiger partial charge is 0.457 e. The van der Waals surface area contributed by atoms with Gasteiger partial charge in [0.05, 0.1) is 36.9 Å². The SMILES string of the molecule is CCC(O)C(C)C1OC1CC(C)C1OC1/C=C(\C)C1OC(=O)CC(O)CCC(C)(O)C(OC(C)=O)/C=C/C1C. The summed E-state index contributed by atoms with van der Waals surface area (Å²) in [6.07, 6.45) is 4.37. The van der Waals surface area contributed by atoms with Crippen LogP contribution in [-0.2, 0) is 28.5 Å². The molecule has 39 heavy (non-hydrogen) atoms. The van der Waals surface area contributed by atoms with Gasteiger partial charge in [0.1, 0.15) is 23.9 Å². The van der Waals surface area contributed by atoms with Gasteiger partial charge in [0.15, 0.2) is 0 Å². The number of aliphatic hydroxyl groups is 3. The highest BCUT2D eigenvalue weighted by Crippen LogP contribution is 2.41. The highest BCUT2D eigenvalue weighted by atomic mass is 16.6. The molecule has 0 amide bonds. The van der Waals surface area contributed by atoms with Gasteiger partial charge in [-0.05, 0) is 57.1 Å². The minimum atomic E-state index is -1.41. The summed E-state index contributed by atoms with van der Waals surface area (Å²) in [5.74, 6) is -0.956. The number of cyclic esters (lactones) is 1. The Bertz CT molecular complexity index is 912. The number of carbonyl (C=O) groups is 2. The second-order valence-electron chi connectivity index (χ2n) is 12.1. The van der Waals surface area contributed by atoms with Gasteiger partial charge in [0.2, 0.25) is 0 Å². The molecule has 0 aromatic rings. The maximum atomic E-state index is 12.7. The Morgan fingerprint density at radius 1 is 1.23 bits per heavy atom. The molecule has 3 aliphatic heterocycles. The fourth-order valence-electron chi connectivity index (χ4n) is 5.61. The number of hydrogen-bond acceptors (Lipinski definition) is 9. The van der Waals surface area contributed by atoms with E-state index in [2.05, 4.69) is 6.92 Å². The molecule has 222 valence electrons. The van der Waals surface area contributed by atoms with Gasteiger partial charge in [0.25, 0.3) is 0 Å². The fraction of sp³-hybridized carbons (Fsp3) is 0.800. The molecular formula is C30H48O9. The monoisotopic (exact) mass is 552 g/mol. The van der Waals surface area contributed by atoms with Crippen molar-refractivity contribution in [3.63, 3.8) is 0 Å². The summed E-state index contributed by atoms with van der Waals surface area (Å²) in [7, 11) is 0. The van der Waals surface area contributed by atoms with Gasteiger partial charge in [0, 0.05) is 18.8 Å². The average molecular weight is 553 g/mol. The van der Waals surface area contributed by atoms with Crippen LogP contribution in [0.1, 0.15) is 80.6 Å². The topological polar surface area (TPSA) is 138 Å². The van der Waals surface area contributed by atoms with Crippen molar-refractivity contribution in [3.05, 3.63) is 23.8 Å². The number of ether oxygens (including phenoxy) is 4. The average Bonchev–Trinajstić information content (AvgIpc) is 3.78. The van der Waals surface area contributed by atoms with Gasteiger partial charge >= 0.3 is 11.9 Å². The summed E-state index contributed by atoms with van der Waals surface area (Å²) in [5.41, 5.74) is -0.586. The van der Waals surface area contributed by atoms with Gasteiger partial charge in [-0.15, -0.1) is 0 Å².